The Morgan fingerprint density at radius 1 is 1.57 bits per heavy atom. The zero-order chi connectivity index (χ0) is 9.90. The van der Waals surface area contributed by atoms with Gasteiger partial charge in [0.1, 0.15) is 0 Å². The number of hydrogen-bond acceptors (Lipinski definition) is 3. The second-order valence-electron chi connectivity index (χ2n) is 3.17. The molecule has 1 unspecified atom stereocenters. The molecule has 0 aromatic carbocycles. The summed E-state index contributed by atoms with van der Waals surface area (Å²) in [6.07, 6.45) is 0.890. The molecule has 0 bridgehead atoms. The van der Waals surface area contributed by atoms with Gasteiger partial charge in [-0.1, -0.05) is 6.92 Å². The Bertz CT molecular complexity index is 252. The van der Waals surface area contributed by atoms with E-state index in [-0.39, 0.29) is 18.4 Å². The van der Waals surface area contributed by atoms with Crippen molar-refractivity contribution in [2.45, 2.75) is 19.4 Å². The highest BCUT2D eigenvalue weighted by molar-refractivity contribution is 7.87. The van der Waals surface area contributed by atoms with Gasteiger partial charge < -0.3 is 5.32 Å². The zero-order valence-corrected chi connectivity index (χ0v) is 10.1. The fourth-order valence-corrected chi connectivity index (χ4v) is 2.57. The lowest BCUT2D eigenvalue weighted by atomic mass is 10.3. The molecule has 1 heterocycles. The largest absolute Gasteiger partial charge is 0.315 e. The maximum Gasteiger partial charge on any atom is 0.279 e. The van der Waals surface area contributed by atoms with Gasteiger partial charge >= 0.3 is 0 Å². The number of nitrogens with zero attached hydrogens (tertiary/aromatic N) is 1. The Kier molecular flexibility index (Phi) is 5.92. The third kappa shape index (κ3) is 3.36. The van der Waals surface area contributed by atoms with Gasteiger partial charge in [-0.2, -0.15) is 12.7 Å². The van der Waals surface area contributed by atoms with E-state index in [0.29, 0.717) is 6.54 Å². The van der Waals surface area contributed by atoms with Crippen LogP contribution in [0.25, 0.3) is 0 Å². The normalized spacial score (nSPS) is 22.4. The van der Waals surface area contributed by atoms with Crippen LogP contribution in [0.1, 0.15) is 13.3 Å². The van der Waals surface area contributed by atoms with E-state index in [9.17, 15) is 8.42 Å². The minimum absolute atomic E-state index is 0. The molecule has 0 aliphatic carbocycles. The lowest BCUT2D eigenvalue weighted by Gasteiger charge is -2.22. The lowest BCUT2D eigenvalue weighted by molar-refractivity contribution is 0.381. The van der Waals surface area contributed by atoms with E-state index < -0.39 is 10.2 Å². The fourth-order valence-electron chi connectivity index (χ4n) is 1.43. The first-order valence-corrected chi connectivity index (χ1v) is 5.95. The van der Waals surface area contributed by atoms with Gasteiger partial charge in [-0.3, -0.25) is 0 Å². The molecule has 1 fully saturated rings. The van der Waals surface area contributed by atoms with Crippen LogP contribution in [0.2, 0.25) is 0 Å². The zero-order valence-electron chi connectivity index (χ0n) is 8.49. The summed E-state index contributed by atoms with van der Waals surface area (Å²) < 4.78 is 26.9. The van der Waals surface area contributed by atoms with Crippen molar-refractivity contribution in [3.05, 3.63) is 0 Å². The molecule has 86 valence electrons. The summed E-state index contributed by atoms with van der Waals surface area (Å²) in [5.74, 6) is 0. The predicted octanol–water partition coefficient (Wildman–Crippen LogP) is -0.444. The molecule has 1 rings (SSSR count). The van der Waals surface area contributed by atoms with Crippen molar-refractivity contribution in [1.82, 2.24) is 14.3 Å². The van der Waals surface area contributed by atoms with Crippen LogP contribution < -0.4 is 10.0 Å². The molecule has 1 aliphatic heterocycles. The van der Waals surface area contributed by atoms with E-state index in [0.717, 1.165) is 19.5 Å². The highest BCUT2D eigenvalue weighted by atomic mass is 35.5. The molecule has 2 N–H and O–H groups in total. The maximum atomic E-state index is 11.5. The number of hydrogen-bond donors (Lipinski definition) is 2. The van der Waals surface area contributed by atoms with Crippen molar-refractivity contribution in [3.63, 3.8) is 0 Å². The molecular weight excluding hydrogens is 226 g/mol. The molecule has 1 atom stereocenters. The van der Waals surface area contributed by atoms with E-state index in [2.05, 4.69) is 10.0 Å². The Balaban J connectivity index is 0.00000169. The SMILES string of the molecule is CCNS(=O)(=O)N(C)C1CCNC1.Cl. The van der Waals surface area contributed by atoms with Crippen LogP contribution >= 0.6 is 12.4 Å². The van der Waals surface area contributed by atoms with Gasteiger partial charge in [0.15, 0.2) is 0 Å². The summed E-state index contributed by atoms with van der Waals surface area (Å²) in [6.45, 7) is 3.86. The topological polar surface area (TPSA) is 61.4 Å². The van der Waals surface area contributed by atoms with Gasteiger partial charge in [-0.05, 0) is 13.0 Å². The summed E-state index contributed by atoms with van der Waals surface area (Å²) in [7, 11) is -1.63. The average Bonchev–Trinajstić information content (AvgIpc) is 2.54. The van der Waals surface area contributed by atoms with Crippen LogP contribution in [0, 0.1) is 0 Å². The smallest absolute Gasteiger partial charge is 0.279 e. The quantitative estimate of drug-likeness (QED) is 0.704. The van der Waals surface area contributed by atoms with Crippen LogP contribution in [0.15, 0.2) is 0 Å². The Labute approximate surface area is 91.8 Å². The summed E-state index contributed by atoms with van der Waals surface area (Å²) in [5, 5.41) is 3.13. The molecule has 1 aliphatic rings. The average molecular weight is 244 g/mol. The molecule has 0 radical (unpaired) electrons. The van der Waals surface area contributed by atoms with Crippen molar-refractivity contribution in [3.8, 4) is 0 Å². The van der Waals surface area contributed by atoms with Crippen LogP contribution in [0.3, 0.4) is 0 Å². The fraction of sp³-hybridized carbons (Fsp3) is 1.00. The number of halogens is 1. The summed E-state index contributed by atoms with van der Waals surface area (Å²) in [6, 6.07) is 0.101. The highest BCUT2D eigenvalue weighted by Gasteiger charge is 2.27. The third-order valence-electron chi connectivity index (χ3n) is 2.25. The van der Waals surface area contributed by atoms with E-state index in [1.165, 1.54) is 4.31 Å². The standard InChI is InChI=1S/C7H17N3O2S.ClH/c1-3-9-13(11,12)10(2)7-4-5-8-6-7;/h7-9H,3-6H2,1-2H3;1H. The summed E-state index contributed by atoms with van der Waals surface area (Å²) >= 11 is 0. The first kappa shape index (κ1) is 14.1. The summed E-state index contributed by atoms with van der Waals surface area (Å²) in [5.41, 5.74) is 0. The van der Waals surface area contributed by atoms with Gasteiger partial charge in [0.05, 0.1) is 0 Å². The molecule has 0 amide bonds. The highest BCUT2D eigenvalue weighted by Crippen LogP contribution is 2.09. The number of likely N-dealkylation sites (N-methyl/N-ethyl adjacent to an activating group) is 1. The van der Waals surface area contributed by atoms with Gasteiger partial charge in [-0.15, -0.1) is 12.4 Å². The van der Waals surface area contributed by atoms with Crippen molar-refractivity contribution < 1.29 is 8.42 Å². The Morgan fingerprint density at radius 2 is 2.21 bits per heavy atom. The molecule has 0 aromatic heterocycles. The minimum atomic E-state index is -3.25. The number of rotatable bonds is 4. The monoisotopic (exact) mass is 243 g/mol. The molecule has 1 saturated heterocycles. The van der Waals surface area contributed by atoms with Gasteiger partial charge in [0.25, 0.3) is 10.2 Å². The van der Waals surface area contributed by atoms with Gasteiger partial charge in [0, 0.05) is 26.2 Å². The predicted molar refractivity (Wildman–Crippen MR) is 58.9 cm³/mol. The molecular formula is C7H18ClN3O2S. The number of nitrogens with one attached hydrogen (secondary N) is 2. The molecule has 5 nitrogen and oxygen atoms in total. The minimum Gasteiger partial charge on any atom is -0.315 e. The maximum absolute atomic E-state index is 11.5. The van der Waals surface area contributed by atoms with Gasteiger partial charge in [0.2, 0.25) is 0 Å². The Hall–Kier alpha value is 0.120. The van der Waals surface area contributed by atoms with Gasteiger partial charge in [-0.25, -0.2) is 4.72 Å². The van der Waals surface area contributed by atoms with E-state index in [1.54, 1.807) is 14.0 Å². The first-order valence-electron chi connectivity index (χ1n) is 4.51. The molecule has 14 heavy (non-hydrogen) atoms. The van der Waals surface area contributed by atoms with E-state index in [4.69, 9.17) is 0 Å². The second-order valence-corrected chi connectivity index (χ2v) is 4.98. The van der Waals surface area contributed by atoms with E-state index >= 15 is 0 Å². The molecule has 0 aromatic rings. The lowest BCUT2D eigenvalue weighted by Crippen LogP contribution is -2.44. The summed E-state index contributed by atoms with van der Waals surface area (Å²) in [4.78, 5) is 0. The van der Waals surface area contributed by atoms with Crippen LogP contribution in [0.5, 0.6) is 0 Å². The van der Waals surface area contributed by atoms with Crippen molar-refractivity contribution in [1.29, 1.82) is 0 Å². The molecule has 0 saturated carbocycles. The first-order chi connectivity index (χ1) is 6.08. The van der Waals surface area contributed by atoms with Crippen LogP contribution in [-0.4, -0.2) is 45.4 Å². The second kappa shape index (κ2) is 5.87. The third-order valence-corrected chi connectivity index (χ3v) is 3.96. The molecule has 0 spiro atoms. The van der Waals surface area contributed by atoms with Crippen molar-refractivity contribution in [2.75, 3.05) is 26.7 Å². The molecule has 7 heteroatoms. The van der Waals surface area contributed by atoms with Crippen LogP contribution in [0.4, 0.5) is 0 Å². The van der Waals surface area contributed by atoms with Crippen LogP contribution in [-0.2, 0) is 10.2 Å². The Morgan fingerprint density at radius 3 is 2.64 bits per heavy atom. The van der Waals surface area contributed by atoms with Crippen molar-refractivity contribution in [2.24, 2.45) is 0 Å². The van der Waals surface area contributed by atoms with Crippen molar-refractivity contribution >= 4 is 22.6 Å². The van der Waals surface area contributed by atoms with E-state index in [1.807, 2.05) is 0 Å².